The third-order valence-corrected chi connectivity index (χ3v) is 3.53. The second-order valence-corrected chi connectivity index (χ2v) is 5.27. The summed E-state index contributed by atoms with van der Waals surface area (Å²) in [6, 6.07) is 18.2. The van der Waals surface area contributed by atoms with Gasteiger partial charge in [0, 0.05) is 17.3 Å². The number of nitrogens with one attached hydrogen (secondary N) is 1. The van der Waals surface area contributed by atoms with Gasteiger partial charge in [-0.3, -0.25) is 9.78 Å². The Morgan fingerprint density at radius 1 is 1.21 bits per heavy atom. The molecule has 0 saturated carbocycles. The summed E-state index contributed by atoms with van der Waals surface area (Å²) < 4.78 is 5.78. The van der Waals surface area contributed by atoms with Gasteiger partial charge in [-0.25, -0.2) is 0 Å². The largest absolute Gasteiger partial charge is 0.479 e. The van der Waals surface area contributed by atoms with Gasteiger partial charge in [-0.2, -0.15) is 5.26 Å². The molecule has 1 N–H and O–H groups in total. The van der Waals surface area contributed by atoms with E-state index < -0.39 is 6.10 Å². The maximum atomic E-state index is 12.3. The molecule has 5 nitrogen and oxygen atoms in total. The Kier molecular flexibility index (Phi) is 4.39. The number of ether oxygens (including phenoxy) is 1. The van der Waals surface area contributed by atoms with Crippen molar-refractivity contribution >= 4 is 22.5 Å². The van der Waals surface area contributed by atoms with Crippen LogP contribution in [0.1, 0.15) is 12.5 Å². The Balaban J connectivity index is 1.75. The van der Waals surface area contributed by atoms with E-state index in [0.717, 1.165) is 5.39 Å². The number of amides is 1. The van der Waals surface area contributed by atoms with Gasteiger partial charge in [0.1, 0.15) is 11.3 Å². The number of pyridine rings is 1. The Labute approximate surface area is 139 Å². The van der Waals surface area contributed by atoms with Crippen LogP contribution in [0.2, 0.25) is 0 Å². The van der Waals surface area contributed by atoms with Crippen LogP contribution < -0.4 is 10.1 Å². The summed E-state index contributed by atoms with van der Waals surface area (Å²) in [5.74, 6) is 0.263. The number of aromatic nitrogens is 1. The first-order chi connectivity index (χ1) is 11.7. The van der Waals surface area contributed by atoms with Crippen molar-refractivity contribution < 1.29 is 9.53 Å². The SMILES string of the molecule is C[C@@H](Oc1cccc2cccnc12)C(=O)Nc1cccc(C#N)c1. The van der Waals surface area contributed by atoms with Gasteiger partial charge in [-0.1, -0.05) is 24.3 Å². The van der Waals surface area contributed by atoms with Gasteiger partial charge in [-0.05, 0) is 37.3 Å². The number of fused-ring (bicyclic) bond motifs is 1. The number of rotatable bonds is 4. The smallest absolute Gasteiger partial charge is 0.265 e. The maximum absolute atomic E-state index is 12.3. The molecule has 0 saturated heterocycles. The zero-order valence-electron chi connectivity index (χ0n) is 13.1. The molecule has 0 aliphatic rings. The lowest BCUT2D eigenvalue weighted by Gasteiger charge is -2.15. The van der Waals surface area contributed by atoms with Crippen LogP contribution in [0.25, 0.3) is 10.9 Å². The number of carbonyl (C=O) groups excluding carboxylic acids is 1. The molecule has 5 heteroatoms. The lowest BCUT2D eigenvalue weighted by molar-refractivity contribution is -0.122. The number of nitrogens with zero attached hydrogens (tertiary/aromatic N) is 2. The molecule has 1 aromatic heterocycles. The molecule has 3 aromatic rings. The fraction of sp³-hybridized carbons (Fsp3) is 0.105. The summed E-state index contributed by atoms with van der Waals surface area (Å²) in [4.78, 5) is 16.6. The van der Waals surface area contributed by atoms with Crippen molar-refractivity contribution in [1.82, 2.24) is 4.98 Å². The quantitative estimate of drug-likeness (QED) is 0.799. The first-order valence-electron chi connectivity index (χ1n) is 7.49. The van der Waals surface area contributed by atoms with E-state index in [2.05, 4.69) is 10.3 Å². The molecule has 0 radical (unpaired) electrons. The molecule has 1 heterocycles. The fourth-order valence-electron chi connectivity index (χ4n) is 2.33. The minimum Gasteiger partial charge on any atom is -0.479 e. The molecule has 118 valence electrons. The van der Waals surface area contributed by atoms with Crippen LogP contribution >= 0.6 is 0 Å². The maximum Gasteiger partial charge on any atom is 0.265 e. The van der Waals surface area contributed by atoms with Crippen molar-refractivity contribution in [3.63, 3.8) is 0 Å². The summed E-state index contributed by atoms with van der Waals surface area (Å²) in [7, 11) is 0. The van der Waals surface area contributed by atoms with E-state index in [1.807, 2.05) is 30.3 Å². The molecule has 1 atom stereocenters. The lowest BCUT2D eigenvalue weighted by atomic mass is 10.2. The van der Waals surface area contributed by atoms with Gasteiger partial charge in [0.2, 0.25) is 0 Å². The summed E-state index contributed by atoms with van der Waals surface area (Å²) in [6.45, 7) is 1.67. The van der Waals surface area contributed by atoms with Gasteiger partial charge in [0.15, 0.2) is 6.10 Å². The Morgan fingerprint density at radius 3 is 2.83 bits per heavy atom. The second-order valence-electron chi connectivity index (χ2n) is 5.27. The minimum absolute atomic E-state index is 0.293. The van der Waals surface area contributed by atoms with Gasteiger partial charge >= 0.3 is 0 Å². The van der Waals surface area contributed by atoms with Crippen LogP contribution in [0.5, 0.6) is 5.75 Å². The highest BCUT2D eigenvalue weighted by atomic mass is 16.5. The molecule has 3 rings (SSSR count). The Bertz CT molecular complexity index is 926. The van der Waals surface area contributed by atoms with Crippen molar-refractivity contribution in [3.8, 4) is 11.8 Å². The molecule has 1 amide bonds. The van der Waals surface area contributed by atoms with Crippen molar-refractivity contribution in [2.24, 2.45) is 0 Å². The standard InChI is InChI=1S/C19H15N3O2/c1-13(19(23)22-16-8-2-5-14(11-16)12-20)24-17-9-3-6-15-7-4-10-21-18(15)17/h2-11,13H,1H3,(H,22,23)/t13-/m1/s1. The van der Waals surface area contributed by atoms with Crippen molar-refractivity contribution in [3.05, 3.63) is 66.4 Å². The predicted molar refractivity (Wildman–Crippen MR) is 91.6 cm³/mol. The van der Waals surface area contributed by atoms with Crippen LogP contribution in [0.15, 0.2) is 60.8 Å². The van der Waals surface area contributed by atoms with E-state index in [9.17, 15) is 4.79 Å². The van der Waals surface area contributed by atoms with Crippen LogP contribution in [0.4, 0.5) is 5.69 Å². The van der Waals surface area contributed by atoms with Gasteiger partial charge < -0.3 is 10.1 Å². The van der Waals surface area contributed by atoms with Crippen molar-refractivity contribution in [1.29, 1.82) is 5.26 Å². The molecule has 0 unspecified atom stereocenters. The number of para-hydroxylation sites is 1. The molecule has 0 bridgehead atoms. The average molecular weight is 317 g/mol. The monoisotopic (exact) mass is 317 g/mol. The average Bonchev–Trinajstić information content (AvgIpc) is 2.62. The molecular formula is C19H15N3O2. The van der Waals surface area contributed by atoms with E-state index in [0.29, 0.717) is 22.5 Å². The summed E-state index contributed by atoms with van der Waals surface area (Å²) in [5.41, 5.74) is 1.76. The summed E-state index contributed by atoms with van der Waals surface area (Å²) >= 11 is 0. The minimum atomic E-state index is -0.705. The van der Waals surface area contributed by atoms with Crippen LogP contribution in [-0.2, 0) is 4.79 Å². The third-order valence-electron chi connectivity index (χ3n) is 3.53. The first kappa shape index (κ1) is 15.5. The Hall–Kier alpha value is -3.39. The highest BCUT2D eigenvalue weighted by molar-refractivity contribution is 5.94. The normalized spacial score (nSPS) is 11.5. The molecular weight excluding hydrogens is 302 g/mol. The molecule has 0 aliphatic heterocycles. The van der Waals surface area contributed by atoms with E-state index in [1.165, 1.54) is 0 Å². The molecule has 0 fully saturated rings. The number of hydrogen-bond donors (Lipinski definition) is 1. The topological polar surface area (TPSA) is 75.0 Å². The highest BCUT2D eigenvalue weighted by Crippen LogP contribution is 2.24. The van der Waals surface area contributed by atoms with Crippen LogP contribution in [0.3, 0.4) is 0 Å². The number of anilines is 1. The second kappa shape index (κ2) is 6.80. The summed E-state index contributed by atoms with van der Waals surface area (Å²) in [5, 5.41) is 12.6. The zero-order chi connectivity index (χ0) is 16.9. The van der Waals surface area contributed by atoms with Gasteiger partial charge in [0.25, 0.3) is 5.91 Å². The number of benzene rings is 2. The van der Waals surface area contributed by atoms with E-state index in [4.69, 9.17) is 10.00 Å². The first-order valence-corrected chi connectivity index (χ1v) is 7.49. The van der Waals surface area contributed by atoms with Crippen LogP contribution in [0, 0.1) is 11.3 Å². The van der Waals surface area contributed by atoms with E-state index in [1.54, 1.807) is 43.5 Å². The number of nitriles is 1. The molecule has 2 aromatic carbocycles. The van der Waals surface area contributed by atoms with Crippen molar-refractivity contribution in [2.75, 3.05) is 5.32 Å². The van der Waals surface area contributed by atoms with Crippen molar-refractivity contribution in [2.45, 2.75) is 13.0 Å². The predicted octanol–water partition coefficient (Wildman–Crippen LogP) is 3.51. The van der Waals surface area contributed by atoms with Gasteiger partial charge in [-0.15, -0.1) is 0 Å². The molecule has 24 heavy (non-hydrogen) atoms. The molecule has 0 aliphatic carbocycles. The van der Waals surface area contributed by atoms with E-state index in [-0.39, 0.29) is 5.91 Å². The zero-order valence-corrected chi connectivity index (χ0v) is 13.1. The summed E-state index contributed by atoms with van der Waals surface area (Å²) in [6.07, 6.45) is 0.983. The fourth-order valence-corrected chi connectivity index (χ4v) is 2.33. The highest BCUT2D eigenvalue weighted by Gasteiger charge is 2.16. The Morgan fingerprint density at radius 2 is 2.00 bits per heavy atom. The van der Waals surface area contributed by atoms with Gasteiger partial charge in [0.05, 0.1) is 11.6 Å². The van der Waals surface area contributed by atoms with E-state index >= 15 is 0 Å². The number of carbonyl (C=O) groups is 1. The van der Waals surface area contributed by atoms with Crippen LogP contribution in [-0.4, -0.2) is 17.0 Å². The molecule has 0 spiro atoms. The third kappa shape index (κ3) is 3.33. The lowest BCUT2D eigenvalue weighted by Crippen LogP contribution is -2.30. The number of hydrogen-bond acceptors (Lipinski definition) is 4.